The Kier molecular flexibility index (Phi) is 7.87. The van der Waals surface area contributed by atoms with Gasteiger partial charge in [-0.2, -0.15) is 0 Å². The molecule has 0 spiro atoms. The molecule has 0 aromatic heterocycles. The zero-order chi connectivity index (χ0) is 14.4. The lowest BCUT2D eigenvalue weighted by Crippen LogP contribution is -2.35. The van der Waals surface area contributed by atoms with E-state index >= 15 is 0 Å². The molecule has 6 heteroatoms. The summed E-state index contributed by atoms with van der Waals surface area (Å²) in [6.45, 7) is 3.07. The fraction of sp³-hybridized carbons (Fsp3) is 0.429. The molecule has 0 heterocycles. The highest BCUT2D eigenvalue weighted by Gasteiger charge is 2.11. The molecular weight excluding hydrogens is 278 g/mol. The predicted octanol–water partition coefficient (Wildman–Crippen LogP) is 1.12. The van der Waals surface area contributed by atoms with Crippen LogP contribution in [0, 0.1) is 0 Å². The summed E-state index contributed by atoms with van der Waals surface area (Å²) in [5.41, 5.74) is 6.98. The summed E-state index contributed by atoms with van der Waals surface area (Å²) >= 11 is 0. The first-order chi connectivity index (χ1) is 8.99. The van der Waals surface area contributed by atoms with Crippen molar-refractivity contribution in [3.8, 4) is 0 Å². The molecule has 0 unspecified atom stereocenters. The van der Waals surface area contributed by atoms with Gasteiger partial charge in [0.05, 0.1) is 6.54 Å². The molecule has 0 aliphatic rings. The lowest BCUT2D eigenvalue weighted by molar-refractivity contribution is -0.130. The lowest BCUT2D eigenvalue weighted by atomic mass is 10.1. The number of carbonyl (C=O) groups is 2. The summed E-state index contributed by atoms with van der Waals surface area (Å²) in [5.74, 6) is -0.104. The van der Waals surface area contributed by atoms with E-state index < -0.39 is 0 Å². The topological polar surface area (TPSA) is 66.6 Å². The van der Waals surface area contributed by atoms with Gasteiger partial charge in [-0.15, -0.1) is 12.4 Å². The largest absolute Gasteiger partial charge is 0.345 e. The maximum atomic E-state index is 11.7. The van der Waals surface area contributed by atoms with Crippen LogP contribution in [0.4, 0.5) is 0 Å². The van der Waals surface area contributed by atoms with Gasteiger partial charge in [-0.05, 0) is 24.6 Å². The number of benzene rings is 1. The second kappa shape index (κ2) is 8.55. The molecule has 2 N–H and O–H groups in total. The maximum Gasteiger partial charge on any atom is 0.253 e. The fourth-order valence-corrected chi connectivity index (χ4v) is 1.74. The summed E-state index contributed by atoms with van der Waals surface area (Å²) in [4.78, 5) is 26.5. The Morgan fingerprint density at radius 1 is 1.15 bits per heavy atom. The first kappa shape index (κ1) is 18.4. The minimum atomic E-state index is -0.0732. The number of amides is 2. The van der Waals surface area contributed by atoms with E-state index in [1.54, 1.807) is 31.1 Å². The quantitative estimate of drug-likeness (QED) is 0.886. The molecule has 20 heavy (non-hydrogen) atoms. The Labute approximate surface area is 126 Å². The van der Waals surface area contributed by atoms with Crippen LogP contribution in [0.3, 0.4) is 0 Å². The number of hydrogen-bond donors (Lipinski definition) is 1. The molecule has 1 rings (SSSR count). The van der Waals surface area contributed by atoms with Gasteiger partial charge in [-0.1, -0.05) is 12.1 Å². The molecule has 2 amide bonds. The highest BCUT2D eigenvalue weighted by molar-refractivity contribution is 5.93. The number of likely N-dealkylation sites (N-methyl/N-ethyl adjacent to an activating group) is 1. The van der Waals surface area contributed by atoms with E-state index in [1.165, 1.54) is 4.90 Å². The van der Waals surface area contributed by atoms with Crippen molar-refractivity contribution in [2.45, 2.75) is 13.5 Å². The Morgan fingerprint density at radius 3 is 2.10 bits per heavy atom. The van der Waals surface area contributed by atoms with Crippen LogP contribution in [0.5, 0.6) is 0 Å². The molecule has 112 valence electrons. The Balaban J connectivity index is 0.00000361. The molecule has 1 aromatic rings. The third-order valence-electron chi connectivity index (χ3n) is 2.89. The average Bonchev–Trinajstić information content (AvgIpc) is 2.43. The predicted molar refractivity (Wildman–Crippen MR) is 81.9 cm³/mol. The van der Waals surface area contributed by atoms with E-state index in [-0.39, 0.29) is 30.8 Å². The molecule has 0 bridgehead atoms. The molecule has 0 saturated heterocycles. The summed E-state index contributed by atoms with van der Waals surface area (Å²) in [6, 6.07) is 7.28. The maximum absolute atomic E-state index is 11.7. The lowest BCUT2D eigenvalue weighted by Gasteiger charge is -2.20. The molecule has 0 aliphatic carbocycles. The van der Waals surface area contributed by atoms with Crippen LogP contribution < -0.4 is 5.73 Å². The van der Waals surface area contributed by atoms with Gasteiger partial charge in [0.1, 0.15) is 0 Å². The van der Waals surface area contributed by atoms with Crippen LogP contribution in [-0.2, 0) is 11.3 Å². The molecule has 0 saturated carbocycles. The van der Waals surface area contributed by atoms with Gasteiger partial charge >= 0.3 is 0 Å². The summed E-state index contributed by atoms with van der Waals surface area (Å²) < 4.78 is 0. The van der Waals surface area contributed by atoms with Crippen molar-refractivity contribution in [1.29, 1.82) is 0 Å². The van der Waals surface area contributed by atoms with Crippen LogP contribution in [-0.4, -0.2) is 48.8 Å². The number of nitrogens with zero attached hydrogens (tertiary/aromatic N) is 2. The normalized spacial score (nSPS) is 9.60. The molecule has 0 radical (unpaired) electrons. The number of rotatable bonds is 5. The number of halogens is 1. The van der Waals surface area contributed by atoms with Crippen molar-refractivity contribution in [3.63, 3.8) is 0 Å². The third-order valence-corrected chi connectivity index (χ3v) is 2.89. The van der Waals surface area contributed by atoms with Crippen LogP contribution >= 0.6 is 12.4 Å². The fourth-order valence-electron chi connectivity index (χ4n) is 1.74. The average molecular weight is 300 g/mol. The number of carbonyl (C=O) groups excluding carboxylic acids is 2. The molecule has 0 aliphatic heterocycles. The number of nitrogens with two attached hydrogens (primary N) is 1. The number of hydrogen-bond acceptors (Lipinski definition) is 3. The zero-order valence-electron chi connectivity index (χ0n) is 12.1. The van der Waals surface area contributed by atoms with Gasteiger partial charge in [0.25, 0.3) is 5.91 Å². The van der Waals surface area contributed by atoms with Crippen molar-refractivity contribution >= 4 is 24.2 Å². The van der Waals surface area contributed by atoms with Gasteiger partial charge in [0.2, 0.25) is 5.91 Å². The second-order valence-corrected chi connectivity index (χ2v) is 4.51. The van der Waals surface area contributed by atoms with E-state index in [4.69, 9.17) is 5.73 Å². The molecule has 0 fully saturated rings. The first-order valence-corrected chi connectivity index (χ1v) is 6.28. The van der Waals surface area contributed by atoms with Crippen molar-refractivity contribution in [2.75, 3.05) is 27.2 Å². The summed E-state index contributed by atoms with van der Waals surface area (Å²) in [6.07, 6.45) is 0. The second-order valence-electron chi connectivity index (χ2n) is 4.51. The van der Waals surface area contributed by atoms with Crippen LogP contribution in [0.2, 0.25) is 0 Å². The van der Waals surface area contributed by atoms with Gasteiger partial charge in [-0.25, -0.2) is 0 Å². The molecule has 1 aromatic carbocycles. The van der Waals surface area contributed by atoms with E-state index in [0.29, 0.717) is 18.7 Å². The summed E-state index contributed by atoms with van der Waals surface area (Å²) in [7, 11) is 3.43. The Morgan fingerprint density at radius 2 is 1.70 bits per heavy atom. The van der Waals surface area contributed by atoms with Crippen molar-refractivity contribution in [2.24, 2.45) is 5.73 Å². The standard InChI is InChI=1S/C14H21N3O2.ClH/c1-4-17(13(18)9-15)10-11-5-7-12(8-6-11)14(19)16(2)3;/h5-8H,4,9-10,15H2,1-3H3;1H. The Bertz CT molecular complexity index is 446. The summed E-state index contributed by atoms with van der Waals surface area (Å²) in [5, 5.41) is 0. The minimum absolute atomic E-state index is 0. The highest BCUT2D eigenvalue weighted by atomic mass is 35.5. The van der Waals surface area contributed by atoms with Gasteiger partial charge in [0.15, 0.2) is 0 Å². The van der Waals surface area contributed by atoms with Crippen LogP contribution in [0.1, 0.15) is 22.8 Å². The van der Waals surface area contributed by atoms with Crippen molar-refractivity contribution in [3.05, 3.63) is 35.4 Å². The van der Waals surface area contributed by atoms with E-state index in [2.05, 4.69) is 0 Å². The van der Waals surface area contributed by atoms with E-state index in [9.17, 15) is 9.59 Å². The smallest absolute Gasteiger partial charge is 0.253 e. The van der Waals surface area contributed by atoms with Crippen molar-refractivity contribution < 1.29 is 9.59 Å². The van der Waals surface area contributed by atoms with Crippen LogP contribution in [0.25, 0.3) is 0 Å². The minimum Gasteiger partial charge on any atom is -0.345 e. The molecule has 5 nitrogen and oxygen atoms in total. The van der Waals surface area contributed by atoms with E-state index in [1.807, 2.05) is 19.1 Å². The highest BCUT2D eigenvalue weighted by Crippen LogP contribution is 2.09. The van der Waals surface area contributed by atoms with Gasteiger partial charge < -0.3 is 15.5 Å². The third kappa shape index (κ3) is 4.83. The van der Waals surface area contributed by atoms with E-state index in [0.717, 1.165) is 5.56 Å². The SMILES string of the molecule is CCN(Cc1ccc(C(=O)N(C)C)cc1)C(=O)CN.Cl. The van der Waals surface area contributed by atoms with Crippen LogP contribution in [0.15, 0.2) is 24.3 Å². The first-order valence-electron chi connectivity index (χ1n) is 6.28. The Hall–Kier alpha value is -1.59. The van der Waals surface area contributed by atoms with Gasteiger partial charge in [-0.3, -0.25) is 9.59 Å². The molecular formula is C14H22ClN3O2. The zero-order valence-corrected chi connectivity index (χ0v) is 12.9. The molecule has 0 atom stereocenters. The van der Waals surface area contributed by atoms with Gasteiger partial charge in [0, 0.05) is 32.7 Å². The van der Waals surface area contributed by atoms with Crippen molar-refractivity contribution in [1.82, 2.24) is 9.80 Å². The monoisotopic (exact) mass is 299 g/mol.